The number of aliphatic carboxylic acids is 1. The number of likely N-dealkylation sites (tertiary alicyclic amines) is 1. The summed E-state index contributed by atoms with van der Waals surface area (Å²) >= 11 is 1.46. The van der Waals surface area contributed by atoms with Gasteiger partial charge in [0.1, 0.15) is 5.54 Å². The SMILES string of the molecule is CSCCC1(C(=O)O)NC(c2c(C)n(C)n(-c3ccccc3)c2=O)C2C(=O)N(CCc3ccccn3)C(=O)C21. The molecule has 204 valence electrons. The Morgan fingerprint density at radius 2 is 1.82 bits per heavy atom. The van der Waals surface area contributed by atoms with Gasteiger partial charge in [-0.3, -0.25) is 39.1 Å². The molecule has 4 heterocycles. The number of nitrogens with one attached hydrogen (secondary N) is 1. The Labute approximate surface area is 230 Å². The van der Waals surface area contributed by atoms with Crippen LogP contribution < -0.4 is 10.9 Å². The molecule has 0 spiro atoms. The van der Waals surface area contributed by atoms with E-state index in [4.69, 9.17) is 0 Å². The Kier molecular flexibility index (Phi) is 7.21. The van der Waals surface area contributed by atoms with E-state index in [1.165, 1.54) is 21.3 Å². The van der Waals surface area contributed by atoms with Crippen molar-refractivity contribution in [2.45, 2.75) is 31.3 Å². The van der Waals surface area contributed by atoms with Crippen LogP contribution in [-0.4, -0.2) is 66.2 Å². The largest absolute Gasteiger partial charge is 0.480 e. The lowest BCUT2D eigenvalue weighted by atomic mass is 9.78. The zero-order valence-electron chi connectivity index (χ0n) is 22.0. The highest BCUT2D eigenvalue weighted by molar-refractivity contribution is 7.98. The van der Waals surface area contributed by atoms with Gasteiger partial charge in [-0.2, -0.15) is 11.8 Å². The van der Waals surface area contributed by atoms with Crippen LogP contribution in [0.2, 0.25) is 0 Å². The van der Waals surface area contributed by atoms with E-state index in [1.807, 2.05) is 36.6 Å². The molecule has 0 bridgehead atoms. The van der Waals surface area contributed by atoms with Crippen molar-refractivity contribution in [3.63, 3.8) is 0 Å². The number of imide groups is 1. The average molecular weight is 550 g/mol. The molecule has 39 heavy (non-hydrogen) atoms. The second-order valence-electron chi connectivity index (χ2n) is 10.0. The van der Waals surface area contributed by atoms with Crippen molar-refractivity contribution >= 4 is 29.5 Å². The number of carboxylic acids is 1. The molecular weight excluding hydrogens is 518 g/mol. The van der Waals surface area contributed by atoms with E-state index in [-0.39, 0.29) is 18.5 Å². The number of benzene rings is 1. The number of carbonyl (C=O) groups is 3. The van der Waals surface area contributed by atoms with Gasteiger partial charge in [-0.15, -0.1) is 0 Å². The summed E-state index contributed by atoms with van der Waals surface area (Å²) < 4.78 is 3.20. The third-order valence-electron chi connectivity index (χ3n) is 8.06. The van der Waals surface area contributed by atoms with Crippen LogP contribution in [0.25, 0.3) is 5.69 Å². The number of carboxylic acid groups (broad SMARTS) is 1. The van der Waals surface area contributed by atoms with E-state index in [2.05, 4.69) is 10.3 Å². The molecule has 4 unspecified atom stereocenters. The molecule has 0 aliphatic carbocycles. The van der Waals surface area contributed by atoms with Gasteiger partial charge >= 0.3 is 5.97 Å². The number of aromatic nitrogens is 3. The van der Waals surface area contributed by atoms with E-state index in [0.717, 1.165) is 5.69 Å². The summed E-state index contributed by atoms with van der Waals surface area (Å²) in [5.74, 6) is -3.85. The second kappa shape index (κ2) is 10.5. The van der Waals surface area contributed by atoms with Crippen LogP contribution in [0, 0.1) is 18.8 Å². The van der Waals surface area contributed by atoms with Crippen molar-refractivity contribution in [2.24, 2.45) is 18.9 Å². The van der Waals surface area contributed by atoms with Gasteiger partial charge in [0.25, 0.3) is 5.56 Å². The van der Waals surface area contributed by atoms with Gasteiger partial charge in [-0.25, -0.2) is 4.68 Å². The Bertz CT molecular complexity index is 1470. The zero-order valence-corrected chi connectivity index (χ0v) is 22.9. The van der Waals surface area contributed by atoms with Gasteiger partial charge < -0.3 is 5.11 Å². The Balaban J connectivity index is 1.60. The van der Waals surface area contributed by atoms with E-state index >= 15 is 0 Å². The molecule has 0 radical (unpaired) electrons. The fourth-order valence-corrected chi connectivity index (χ4v) is 6.57. The molecule has 2 amide bonds. The number of fused-ring (bicyclic) bond motifs is 1. The molecule has 2 aromatic heterocycles. The number of nitrogens with zero attached hydrogens (tertiary/aromatic N) is 4. The van der Waals surface area contributed by atoms with Crippen LogP contribution in [0.15, 0.2) is 59.5 Å². The Morgan fingerprint density at radius 1 is 1.10 bits per heavy atom. The number of para-hydroxylation sites is 1. The predicted molar refractivity (Wildman–Crippen MR) is 147 cm³/mol. The lowest BCUT2D eigenvalue weighted by Gasteiger charge is -2.31. The van der Waals surface area contributed by atoms with Crippen LogP contribution in [-0.2, 0) is 27.9 Å². The molecule has 0 saturated carbocycles. The molecule has 11 heteroatoms. The smallest absolute Gasteiger partial charge is 0.324 e. The molecule has 2 N–H and O–H groups in total. The maximum absolute atomic E-state index is 13.9. The van der Waals surface area contributed by atoms with Crippen molar-refractivity contribution < 1.29 is 19.5 Å². The third-order valence-corrected chi connectivity index (χ3v) is 8.67. The highest BCUT2D eigenvalue weighted by Gasteiger charge is 2.68. The zero-order chi connectivity index (χ0) is 27.9. The van der Waals surface area contributed by atoms with Crippen LogP contribution in [0.1, 0.15) is 29.4 Å². The van der Waals surface area contributed by atoms with Crippen molar-refractivity contribution in [3.8, 4) is 5.69 Å². The maximum atomic E-state index is 13.9. The van der Waals surface area contributed by atoms with Crippen molar-refractivity contribution in [1.29, 1.82) is 0 Å². The van der Waals surface area contributed by atoms with E-state index in [1.54, 1.807) is 43.0 Å². The van der Waals surface area contributed by atoms with Crippen LogP contribution >= 0.6 is 11.8 Å². The molecule has 2 aliphatic rings. The van der Waals surface area contributed by atoms with E-state index in [9.17, 15) is 24.3 Å². The normalized spacial score (nSPS) is 24.4. The van der Waals surface area contributed by atoms with E-state index < -0.39 is 41.2 Å². The lowest BCUT2D eigenvalue weighted by Crippen LogP contribution is -2.56. The Morgan fingerprint density at radius 3 is 2.46 bits per heavy atom. The van der Waals surface area contributed by atoms with Crippen molar-refractivity contribution in [3.05, 3.63) is 82.0 Å². The standard InChI is InChI=1S/C28H31N5O5S/c1-17-20(25(35)33(31(17)2)19-10-5-4-6-11-19)23-21-22(28(30-23,27(37)38)13-16-39-3)26(36)32(24(21)34)15-12-18-9-7-8-14-29-18/h4-11,14,21-23,30H,12-13,15-16H2,1-3H3,(H,37,38). The minimum atomic E-state index is -1.68. The summed E-state index contributed by atoms with van der Waals surface area (Å²) in [6.07, 6.45) is 3.99. The molecular formula is C28H31N5O5S. The summed E-state index contributed by atoms with van der Waals surface area (Å²) in [6.45, 7) is 1.87. The van der Waals surface area contributed by atoms with Crippen molar-refractivity contribution in [2.75, 3.05) is 18.6 Å². The summed E-state index contributed by atoms with van der Waals surface area (Å²) in [6, 6.07) is 13.6. The maximum Gasteiger partial charge on any atom is 0.324 e. The summed E-state index contributed by atoms with van der Waals surface area (Å²) in [5.41, 5.74) is 0.232. The number of carbonyl (C=O) groups excluding carboxylic acids is 2. The second-order valence-corrected chi connectivity index (χ2v) is 11.0. The molecule has 2 aliphatic heterocycles. The number of thioether (sulfide) groups is 1. The van der Waals surface area contributed by atoms with Gasteiger partial charge in [0.05, 0.1) is 29.1 Å². The highest BCUT2D eigenvalue weighted by Crippen LogP contribution is 2.50. The fourth-order valence-electron chi connectivity index (χ4n) is 6.05. The number of hydrogen-bond donors (Lipinski definition) is 2. The monoisotopic (exact) mass is 549 g/mol. The first-order chi connectivity index (χ1) is 18.7. The van der Waals surface area contributed by atoms with Gasteiger partial charge in [-0.1, -0.05) is 24.3 Å². The first-order valence-corrected chi connectivity index (χ1v) is 14.2. The van der Waals surface area contributed by atoms with Gasteiger partial charge in [-0.05, 0) is 49.6 Å². The minimum absolute atomic E-state index is 0.0919. The fraction of sp³-hybridized carbons (Fsp3) is 0.393. The quantitative estimate of drug-likeness (QED) is 0.388. The molecule has 5 rings (SSSR count). The molecule has 2 fully saturated rings. The minimum Gasteiger partial charge on any atom is -0.480 e. The summed E-state index contributed by atoms with van der Waals surface area (Å²) in [4.78, 5) is 60.0. The first-order valence-electron chi connectivity index (χ1n) is 12.8. The number of hydrogen-bond acceptors (Lipinski definition) is 7. The Hall–Kier alpha value is -3.70. The highest BCUT2D eigenvalue weighted by atomic mass is 32.2. The van der Waals surface area contributed by atoms with Gasteiger partial charge in [0.15, 0.2) is 0 Å². The number of pyridine rings is 1. The average Bonchev–Trinajstić information content (AvgIpc) is 3.49. The molecule has 1 aromatic carbocycles. The topological polar surface area (TPSA) is 127 Å². The van der Waals surface area contributed by atoms with Crippen molar-refractivity contribution in [1.82, 2.24) is 24.6 Å². The van der Waals surface area contributed by atoms with Gasteiger partial charge in [0, 0.05) is 37.6 Å². The summed E-state index contributed by atoms with van der Waals surface area (Å²) in [7, 11) is 1.75. The molecule has 10 nitrogen and oxygen atoms in total. The number of rotatable bonds is 9. The van der Waals surface area contributed by atoms with Crippen LogP contribution in [0.5, 0.6) is 0 Å². The van der Waals surface area contributed by atoms with Gasteiger partial charge in [0.2, 0.25) is 11.8 Å². The van der Waals surface area contributed by atoms with E-state index in [0.29, 0.717) is 29.1 Å². The third kappa shape index (κ3) is 4.29. The lowest BCUT2D eigenvalue weighted by molar-refractivity contribution is -0.151. The van der Waals surface area contributed by atoms with Crippen LogP contribution in [0.4, 0.5) is 0 Å². The molecule has 4 atom stereocenters. The molecule has 2 saturated heterocycles. The first kappa shape index (κ1) is 26.9. The summed E-state index contributed by atoms with van der Waals surface area (Å²) in [5, 5.41) is 13.7. The molecule has 3 aromatic rings. The predicted octanol–water partition coefficient (Wildman–Crippen LogP) is 1.94. The number of amides is 2. The van der Waals surface area contributed by atoms with Crippen LogP contribution in [0.3, 0.4) is 0 Å².